The molecule has 19 heavy (non-hydrogen) atoms. The van der Waals surface area contributed by atoms with Gasteiger partial charge in [-0.1, -0.05) is 6.07 Å². The standard InChI is InChI=1S/C13H16BrN3O2/c1-9-2-3-11(10(14)6-9)16-13(19)8-17-5-4-15-12(18)7-17/h2-3,6H,4-5,7-8H2,1H3,(H,15,18)(H,16,19)/p+1. The van der Waals surface area contributed by atoms with Gasteiger partial charge < -0.3 is 15.5 Å². The van der Waals surface area contributed by atoms with E-state index in [9.17, 15) is 9.59 Å². The molecule has 1 fully saturated rings. The van der Waals surface area contributed by atoms with Crippen LogP contribution >= 0.6 is 15.9 Å². The fourth-order valence-corrected chi connectivity index (χ4v) is 2.64. The van der Waals surface area contributed by atoms with E-state index in [4.69, 9.17) is 0 Å². The van der Waals surface area contributed by atoms with Crippen molar-refractivity contribution in [2.24, 2.45) is 0 Å². The van der Waals surface area contributed by atoms with Crippen molar-refractivity contribution >= 4 is 33.4 Å². The number of anilines is 1. The number of aryl methyl sites for hydroxylation is 1. The molecule has 1 aromatic rings. The number of hydrogen-bond donors (Lipinski definition) is 3. The van der Waals surface area contributed by atoms with E-state index < -0.39 is 0 Å². The summed E-state index contributed by atoms with van der Waals surface area (Å²) in [6.45, 7) is 4.09. The van der Waals surface area contributed by atoms with Gasteiger partial charge in [0.15, 0.2) is 13.1 Å². The van der Waals surface area contributed by atoms with Crippen molar-refractivity contribution in [3.63, 3.8) is 0 Å². The van der Waals surface area contributed by atoms with Crippen LogP contribution in [-0.2, 0) is 9.59 Å². The van der Waals surface area contributed by atoms with E-state index in [1.54, 1.807) is 0 Å². The second-order valence-corrected chi connectivity index (χ2v) is 5.59. The van der Waals surface area contributed by atoms with Gasteiger partial charge in [-0.3, -0.25) is 9.59 Å². The van der Waals surface area contributed by atoms with E-state index in [1.165, 1.54) is 0 Å². The summed E-state index contributed by atoms with van der Waals surface area (Å²) in [6, 6.07) is 5.77. The number of benzene rings is 1. The van der Waals surface area contributed by atoms with Gasteiger partial charge >= 0.3 is 0 Å². The molecule has 1 aliphatic heterocycles. The molecule has 6 heteroatoms. The summed E-state index contributed by atoms with van der Waals surface area (Å²) in [5.74, 6) is -0.0696. The van der Waals surface area contributed by atoms with Crippen LogP contribution < -0.4 is 15.5 Å². The Morgan fingerprint density at radius 1 is 1.53 bits per heavy atom. The zero-order valence-corrected chi connectivity index (χ0v) is 12.3. The third-order valence-corrected chi connectivity index (χ3v) is 3.68. The van der Waals surface area contributed by atoms with Crippen LogP contribution in [-0.4, -0.2) is 38.0 Å². The van der Waals surface area contributed by atoms with Gasteiger partial charge in [0, 0.05) is 4.47 Å². The smallest absolute Gasteiger partial charge is 0.279 e. The Labute approximate surface area is 120 Å². The zero-order chi connectivity index (χ0) is 13.8. The number of halogens is 1. The first-order valence-electron chi connectivity index (χ1n) is 6.21. The fraction of sp³-hybridized carbons (Fsp3) is 0.385. The van der Waals surface area contributed by atoms with Gasteiger partial charge in [0.25, 0.3) is 11.8 Å². The molecule has 0 aromatic heterocycles. The first-order chi connectivity index (χ1) is 9.04. The van der Waals surface area contributed by atoms with E-state index in [-0.39, 0.29) is 11.8 Å². The van der Waals surface area contributed by atoms with E-state index in [2.05, 4.69) is 26.6 Å². The molecule has 1 saturated heterocycles. The lowest BCUT2D eigenvalue weighted by Crippen LogP contribution is -3.16. The van der Waals surface area contributed by atoms with Crippen LogP contribution in [0.4, 0.5) is 5.69 Å². The predicted octanol–water partition coefficient (Wildman–Crippen LogP) is -0.289. The topological polar surface area (TPSA) is 62.6 Å². The van der Waals surface area contributed by atoms with Gasteiger partial charge in [0.1, 0.15) is 0 Å². The third-order valence-electron chi connectivity index (χ3n) is 3.02. The summed E-state index contributed by atoms with van der Waals surface area (Å²) >= 11 is 3.42. The molecular weight excluding hydrogens is 310 g/mol. The molecule has 5 nitrogen and oxygen atoms in total. The predicted molar refractivity (Wildman–Crippen MR) is 76.1 cm³/mol. The second-order valence-electron chi connectivity index (χ2n) is 4.73. The molecule has 2 amide bonds. The summed E-state index contributed by atoms with van der Waals surface area (Å²) in [6.07, 6.45) is 0. The third kappa shape index (κ3) is 4.04. The maximum absolute atomic E-state index is 11.9. The SMILES string of the molecule is Cc1ccc(NC(=O)C[NH+]2CCNC(=O)C2)c(Br)c1. The highest BCUT2D eigenvalue weighted by molar-refractivity contribution is 9.10. The maximum Gasteiger partial charge on any atom is 0.279 e. The van der Waals surface area contributed by atoms with Crippen LogP contribution in [0.1, 0.15) is 5.56 Å². The molecule has 0 saturated carbocycles. The van der Waals surface area contributed by atoms with Crippen LogP contribution in [0.5, 0.6) is 0 Å². The zero-order valence-electron chi connectivity index (χ0n) is 10.8. The largest absolute Gasteiger partial charge is 0.346 e. The highest BCUT2D eigenvalue weighted by Crippen LogP contribution is 2.22. The number of piperazine rings is 1. The molecule has 1 atom stereocenters. The number of hydrogen-bond acceptors (Lipinski definition) is 2. The Hall–Kier alpha value is -1.40. The van der Waals surface area contributed by atoms with E-state index in [0.717, 1.165) is 27.2 Å². The van der Waals surface area contributed by atoms with Crippen molar-refractivity contribution in [2.45, 2.75) is 6.92 Å². The number of carbonyl (C=O) groups is 2. The molecule has 102 valence electrons. The Kier molecular flexibility index (Phi) is 4.55. The van der Waals surface area contributed by atoms with E-state index >= 15 is 0 Å². The van der Waals surface area contributed by atoms with Crippen molar-refractivity contribution < 1.29 is 14.5 Å². The molecule has 0 aliphatic carbocycles. The molecule has 2 rings (SSSR count). The van der Waals surface area contributed by atoms with Gasteiger partial charge in [-0.25, -0.2) is 0 Å². The maximum atomic E-state index is 11.9. The molecule has 1 unspecified atom stereocenters. The Morgan fingerprint density at radius 3 is 3.00 bits per heavy atom. The highest BCUT2D eigenvalue weighted by atomic mass is 79.9. The van der Waals surface area contributed by atoms with E-state index in [0.29, 0.717) is 19.6 Å². The van der Waals surface area contributed by atoms with Crippen molar-refractivity contribution in [1.82, 2.24) is 5.32 Å². The molecule has 0 bridgehead atoms. The fourth-order valence-electron chi connectivity index (χ4n) is 2.05. The van der Waals surface area contributed by atoms with Gasteiger partial charge in [-0.05, 0) is 40.5 Å². The first kappa shape index (κ1) is 14.0. The minimum absolute atomic E-state index is 0.00515. The average Bonchev–Trinajstić information content (AvgIpc) is 2.33. The van der Waals surface area contributed by atoms with Crippen molar-refractivity contribution in [2.75, 3.05) is 31.5 Å². The molecule has 1 aromatic carbocycles. The van der Waals surface area contributed by atoms with Gasteiger partial charge in [-0.2, -0.15) is 0 Å². The second kappa shape index (κ2) is 6.16. The van der Waals surface area contributed by atoms with Crippen LogP contribution in [0.25, 0.3) is 0 Å². The van der Waals surface area contributed by atoms with Gasteiger partial charge in [0.05, 0.1) is 18.8 Å². The number of rotatable bonds is 3. The van der Waals surface area contributed by atoms with Gasteiger partial charge in [0.2, 0.25) is 0 Å². The minimum atomic E-state index is -0.0748. The average molecular weight is 327 g/mol. The number of nitrogens with one attached hydrogen (secondary N) is 3. The van der Waals surface area contributed by atoms with Crippen molar-refractivity contribution in [3.8, 4) is 0 Å². The Balaban J connectivity index is 1.92. The minimum Gasteiger partial charge on any atom is -0.346 e. The van der Waals surface area contributed by atoms with E-state index in [1.807, 2.05) is 25.1 Å². The lowest BCUT2D eigenvalue weighted by Gasteiger charge is -2.23. The van der Waals surface area contributed by atoms with Crippen LogP contribution in [0, 0.1) is 6.92 Å². The summed E-state index contributed by atoms with van der Waals surface area (Å²) in [5.41, 5.74) is 1.89. The lowest BCUT2D eigenvalue weighted by atomic mass is 10.2. The molecule has 1 aliphatic rings. The molecular formula is C13H17BrN3O2+. The van der Waals surface area contributed by atoms with Crippen molar-refractivity contribution in [1.29, 1.82) is 0 Å². The van der Waals surface area contributed by atoms with Crippen molar-refractivity contribution in [3.05, 3.63) is 28.2 Å². The highest BCUT2D eigenvalue weighted by Gasteiger charge is 2.22. The lowest BCUT2D eigenvalue weighted by molar-refractivity contribution is -0.885. The number of quaternary nitrogens is 1. The summed E-state index contributed by atoms with van der Waals surface area (Å²) in [4.78, 5) is 24.2. The Bertz CT molecular complexity index is 505. The molecule has 0 radical (unpaired) electrons. The first-order valence-corrected chi connectivity index (χ1v) is 7.00. The monoisotopic (exact) mass is 326 g/mol. The normalized spacial score (nSPS) is 18.8. The number of carbonyl (C=O) groups excluding carboxylic acids is 2. The number of amides is 2. The summed E-state index contributed by atoms with van der Waals surface area (Å²) in [5, 5.41) is 5.61. The summed E-state index contributed by atoms with van der Waals surface area (Å²) < 4.78 is 0.868. The van der Waals surface area contributed by atoms with Crippen LogP contribution in [0.2, 0.25) is 0 Å². The van der Waals surface area contributed by atoms with Crippen LogP contribution in [0.15, 0.2) is 22.7 Å². The molecule has 3 N–H and O–H groups in total. The molecule has 1 heterocycles. The van der Waals surface area contributed by atoms with Crippen LogP contribution in [0.3, 0.4) is 0 Å². The Morgan fingerprint density at radius 2 is 2.32 bits per heavy atom. The van der Waals surface area contributed by atoms with Gasteiger partial charge in [-0.15, -0.1) is 0 Å². The quantitative estimate of drug-likeness (QED) is 0.715. The molecule has 0 spiro atoms. The summed E-state index contributed by atoms with van der Waals surface area (Å²) in [7, 11) is 0.